The lowest BCUT2D eigenvalue weighted by Crippen LogP contribution is -2.36. The first-order valence-corrected chi connectivity index (χ1v) is 5.39. The highest BCUT2D eigenvalue weighted by molar-refractivity contribution is 5.14. The molecule has 0 fully saturated rings. The summed E-state index contributed by atoms with van der Waals surface area (Å²) >= 11 is 0. The fourth-order valence-corrected chi connectivity index (χ4v) is 1.69. The Bertz CT molecular complexity index is 344. The Morgan fingerprint density at radius 3 is 2.88 bits per heavy atom. The Hall–Kier alpha value is -1.44. The van der Waals surface area contributed by atoms with E-state index in [1.807, 2.05) is 32.3 Å². The van der Waals surface area contributed by atoms with Gasteiger partial charge in [0, 0.05) is 31.0 Å². The third kappa shape index (κ3) is 3.02. The summed E-state index contributed by atoms with van der Waals surface area (Å²) in [5.74, 6) is 0. The highest BCUT2D eigenvalue weighted by atomic mass is 15.2. The van der Waals surface area contributed by atoms with Gasteiger partial charge in [-0.25, -0.2) is 0 Å². The number of rotatable bonds is 5. The molecule has 0 aliphatic carbocycles. The van der Waals surface area contributed by atoms with Gasteiger partial charge >= 0.3 is 0 Å². The zero-order valence-corrected chi connectivity index (χ0v) is 9.80. The largest absolute Gasteiger partial charge is 0.329 e. The molecule has 2 unspecified atom stereocenters. The summed E-state index contributed by atoms with van der Waals surface area (Å²) in [4.78, 5) is 6.22. The van der Waals surface area contributed by atoms with E-state index in [2.05, 4.69) is 16.0 Å². The molecule has 0 saturated carbocycles. The molecule has 1 heterocycles. The van der Waals surface area contributed by atoms with Crippen molar-refractivity contribution < 1.29 is 0 Å². The number of likely N-dealkylation sites (N-methyl/N-ethyl adjacent to an activating group) is 1. The van der Waals surface area contributed by atoms with Crippen LogP contribution in [0.2, 0.25) is 0 Å². The van der Waals surface area contributed by atoms with Crippen LogP contribution in [0.25, 0.3) is 0 Å². The molecule has 0 aliphatic rings. The van der Waals surface area contributed by atoms with Crippen molar-refractivity contribution in [3.63, 3.8) is 0 Å². The summed E-state index contributed by atoms with van der Waals surface area (Å²) in [7, 11) is 1.99. The number of aromatic nitrogens is 1. The Labute approximate surface area is 96.7 Å². The maximum atomic E-state index is 8.69. The molecule has 0 spiro atoms. The van der Waals surface area contributed by atoms with Gasteiger partial charge in [-0.3, -0.25) is 9.88 Å². The molecule has 1 rings (SSSR count). The first kappa shape index (κ1) is 12.6. The maximum absolute atomic E-state index is 8.69. The standard InChI is InChI=1S/C12H18N4/c1-10(5-6-13)16(2)12(8-14)11-4-3-7-15-9-11/h3-4,7,9-10,12H,5,8,14H2,1-2H3. The summed E-state index contributed by atoms with van der Waals surface area (Å²) in [6.45, 7) is 2.56. The molecule has 1 aromatic heterocycles. The summed E-state index contributed by atoms with van der Waals surface area (Å²) < 4.78 is 0. The van der Waals surface area contributed by atoms with Gasteiger partial charge in [0.25, 0.3) is 0 Å². The van der Waals surface area contributed by atoms with Gasteiger partial charge in [0.15, 0.2) is 0 Å². The first-order chi connectivity index (χ1) is 7.70. The topological polar surface area (TPSA) is 65.9 Å². The van der Waals surface area contributed by atoms with Crippen LogP contribution in [0.1, 0.15) is 24.9 Å². The van der Waals surface area contributed by atoms with Gasteiger partial charge in [-0.05, 0) is 25.6 Å². The average Bonchev–Trinajstić information content (AvgIpc) is 2.31. The number of nitriles is 1. The monoisotopic (exact) mass is 218 g/mol. The highest BCUT2D eigenvalue weighted by Crippen LogP contribution is 2.20. The van der Waals surface area contributed by atoms with Gasteiger partial charge in [-0.15, -0.1) is 0 Å². The molecule has 2 N–H and O–H groups in total. The minimum atomic E-state index is 0.122. The molecule has 1 aromatic rings. The van der Waals surface area contributed by atoms with Crippen molar-refractivity contribution in [2.24, 2.45) is 5.73 Å². The Morgan fingerprint density at radius 2 is 2.38 bits per heavy atom. The zero-order chi connectivity index (χ0) is 12.0. The first-order valence-electron chi connectivity index (χ1n) is 5.39. The normalized spacial score (nSPS) is 14.4. The van der Waals surface area contributed by atoms with E-state index in [1.165, 1.54) is 0 Å². The predicted molar refractivity (Wildman–Crippen MR) is 63.5 cm³/mol. The molecule has 4 nitrogen and oxygen atoms in total. The Kier molecular flexibility index (Phi) is 4.90. The van der Waals surface area contributed by atoms with Crippen LogP contribution in [0.15, 0.2) is 24.5 Å². The summed E-state index contributed by atoms with van der Waals surface area (Å²) in [6, 6.07) is 6.41. The van der Waals surface area contributed by atoms with E-state index < -0.39 is 0 Å². The van der Waals surface area contributed by atoms with Gasteiger partial charge in [0.2, 0.25) is 0 Å². The van der Waals surface area contributed by atoms with Crippen LogP contribution in [-0.4, -0.2) is 29.5 Å². The van der Waals surface area contributed by atoms with E-state index in [9.17, 15) is 0 Å². The van der Waals surface area contributed by atoms with Crippen LogP contribution in [0.4, 0.5) is 0 Å². The molecule has 86 valence electrons. The van der Waals surface area contributed by atoms with Crippen LogP contribution < -0.4 is 5.73 Å². The predicted octanol–water partition coefficient (Wildman–Crippen LogP) is 1.32. The van der Waals surface area contributed by atoms with Gasteiger partial charge in [-0.1, -0.05) is 6.07 Å². The number of nitrogens with zero attached hydrogens (tertiary/aromatic N) is 3. The fourth-order valence-electron chi connectivity index (χ4n) is 1.69. The quantitative estimate of drug-likeness (QED) is 0.809. The van der Waals surface area contributed by atoms with Crippen LogP contribution in [0.5, 0.6) is 0 Å². The average molecular weight is 218 g/mol. The summed E-state index contributed by atoms with van der Waals surface area (Å²) in [6.07, 6.45) is 4.08. The molecule has 4 heteroatoms. The lowest BCUT2D eigenvalue weighted by atomic mass is 10.1. The lowest BCUT2D eigenvalue weighted by Gasteiger charge is -2.31. The van der Waals surface area contributed by atoms with Crippen LogP contribution in [-0.2, 0) is 0 Å². The van der Waals surface area contributed by atoms with E-state index in [0.717, 1.165) is 5.56 Å². The number of hydrogen-bond acceptors (Lipinski definition) is 4. The highest BCUT2D eigenvalue weighted by Gasteiger charge is 2.19. The van der Waals surface area contributed by atoms with Crippen molar-refractivity contribution in [2.75, 3.05) is 13.6 Å². The van der Waals surface area contributed by atoms with E-state index in [-0.39, 0.29) is 12.1 Å². The third-order valence-electron chi connectivity index (χ3n) is 2.87. The SMILES string of the molecule is CC(CC#N)N(C)C(CN)c1cccnc1. The van der Waals surface area contributed by atoms with E-state index >= 15 is 0 Å². The smallest absolute Gasteiger partial charge is 0.0638 e. The van der Waals surface area contributed by atoms with Crippen molar-refractivity contribution in [1.29, 1.82) is 5.26 Å². The number of nitrogens with two attached hydrogens (primary N) is 1. The minimum Gasteiger partial charge on any atom is -0.329 e. The van der Waals surface area contributed by atoms with E-state index in [0.29, 0.717) is 13.0 Å². The second-order valence-corrected chi connectivity index (χ2v) is 3.91. The van der Waals surface area contributed by atoms with Gasteiger partial charge < -0.3 is 5.73 Å². The lowest BCUT2D eigenvalue weighted by molar-refractivity contribution is 0.191. The zero-order valence-electron chi connectivity index (χ0n) is 9.80. The second-order valence-electron chi connectivity index (χ2n) is 3.91. The summed E-state index contributed by atoms with van der Waals surface area (Å²) in [5.41, 5.74) is 6.88. The molecule has 0 saturated heterocycles. The molecule has 0 aliphatic heterocycles. The number of hydrogen-bond donors (Lipinski definition) is 1. The molecule has 0 aromatic carbocycles. The molecule has 16 heavy (non-hydrogen) atoms. The minimum absolute atomic E-state index is 0.122. The van der Waals surface area contributed by atoms with Crippen LogP contribution >= 0.6 is 0 Å². The molecular weight excluding hydrogens is 200 g/mol. The van der Waals surface area contributed by atoms with Crippen molar-refractivity contribution in [3.8, 4) is 6.07 Å². The van der Waals surface area contributed by atoms with Crippen LogP contribution in [0.3, 0.4) is 0 Å². The van der Waals surface area contributed by atoms with Crippen molar-refractivity contribution in [3.05, 3.63) is 30.1 Å². The van der Waals surface area contributed by atoms with Crippen molar-refractivity contribution in [2.45, 2.75) is 25.4 Å². The Balaban J connectivity index is 2.79. The molecule has 0 amide bonds. The van der Waals surface area contributed by atoms with Crippen molar-refractivity contribution >= 4 is 0 Å². The fraction of sp³-hybridized carbons (Fsp3) is 0.500. The Morgan fingerprint density at radius 1 is 1.62 bits per heavy atom. The molecular formula is C12H18N4. The molecule has 0 radical (unpaired) electrons. The van der Waals surface area contributed by atoms with Crippen molar-refractivity contribution in [1.82, 2.24) is 9.88 Å². The molecule has 2 atom stereocenters. The van der Waals surface area contributed by atoms with E-state index in [1.54, 1.807) is 6.20 Å². The maximum Gasteiger partial charge on any atom is 0.0638 e. The second kappa shape index (κ2) is 6.21. The molecule has 0 bridgehead atoms. The third-order valence-corrected chi connectivity index (χ3v) is 2.87. The van der Waals surface area contributed by atoms with Gasteiger partial charge in [0.1, 0.15) is 0 Å². The van der Waals surface area contributed by atoms with Gasteiger partial charge in [-0.2, -0.15) is 5.26 Å². The number of pyridine rings is 1. The van der Waals surface area contributed by atoms with Crippen LogP contribution in [0, 0.1) is 11.3 Å². The van der Waals surface area contributed by atoms with Gasteiger partial charge in [0.05, 0.1) is 12.5 Å². The van der Waals surface area contributed by atoms with E-state index in [4.69, 9.17) is 11.0 Å². The summed E-state index contributed by atoms with van der Waals surface area (Å²) in [5, 5.41) is 8.69.